The number of alkyl halides is 3. The highest BCUT2D eigenvalue weighted by Crippen LogP contribution is 2.32. The molecule has 1 rings (SSSR count). The summed E-state index contributed by atoms with van der Waals surface area (Å²) in [7, 11) is 1.48. The molecule has 0 aliphatic carbocycles. The summed E-state index contributed by atoms with van der Waals surface area (Å²) in [5.41, 5.74) is -1.13. The molecule has 0 aliphatic rings. The van der Waals surface area contributed by atoms with Crippen molar-refractivity contribution < 1.29 is 23.0 Å². The molecule has 0 amide bonds. The predicted octanol–water partition coefficient (Wildman–Crippen LogP) is 2.67. The van der Waals surface area contributed by atoms with Gasteiger partial charge in [0.1, 0.15) is 6.04 Å². The first-order chi connectivity index (χ1) is 9.26. The van der Waals surface area contributed by atoms with E-state index >= 15 is 0 Å². The van der Waals surface area contributed by atoms with E-state index in [1.165, 1.54) is 26.2 Å². The lowest BCUT2D eigenvalue weighted by molar-refractivity contribution is -0.160. The van der Waals surface area contributed by atoms with E-state index in [2.05, 4.69) is 5.32 Å². The lowest BCUT2D eigenvalue weighted by atomic mass is 10.0. The third kappa shape index (κ3) is 5.48. The monoisotopic (exact) mass is 291 g/mol. The van der Waals surface area contributed by atoms with Crippen LogP contribution in [0.5, 0.6) is 0 Å². The summed E-state index contributed by atoms with van der Waals surface area (Å²) < 4.78 is 44.0. The zero-order chi connectivity index (χ0) is 15.2. The molecule has 0 radical (unpaired) electrons. The summed E-state index contributed by atoms with van der Waals surface area (Å²) in [5, 5.41) is 12.4. The van der Waals surface area contributed by atoms with Crippen molar-refractivity contribution in [2.45, 2.75) is 31.2 Å². The molecule has 0 fully saturated rings. The number of hydrogen-bond acceptors (Lipinski definition) is 3. The predicted molar refractivity (Wildman–Crippen MR) is 70.4 cm³/mol. The number of ether oxygens (including phenoxy) is 1. The minimum atomic E-state index is -4.42. The van der Waals surface area contributed by atoms with E-state index in [1.54, 1.807) is 18.2 Å². The second-order valence-corrected chi connectivity index (χ2v) is 5.01. The van der Waals surface area contributed by atoms with Crippen molar-refractivity contribution in [1.29, 1.82) is 0 Å². The van der Waals surface area contributed by atoms with Crippen molar-refractivity contribution in [1.82, 2.24) is 5.32 Å². The van der Waals surface area contributed by atoms with Gasteiger partial charge < -0.3 is 9.84 Å². The lowest BCUT2D eigenvalue weighted by Gasteiger charge is -2.28. The molecule has 0 aliphatic heterocycles. The summed E-state index contributed by atoms with van der Waals surface area (Å²) in [6.07, 6.45) is -4.16. The Morgan fingerprint density at radius 1 is 1.25 bits per heavy atom. The van der Waals surface area contributed by atoms with Gasteiger partial charge in [-0.1, -0.05) is 30.3 Å². The normalized spacial score (nSPS) is 16.7. The molecule has 114 valence electrons. The SMILES string of the molecule is COCCC(C)(O)CNC(c1ccccc1)C(F)(F)F. The molecule has 3 nitrogen and oxygen atoms in total. The van der Waals surface area contributed by atoms with Crippen molar-refractivity contribution in [3.63, 3.8) is 0 Å². The topological polar surface area (TPSA) is 41.5 Å². The lowest BCUT2D eigenvalue weighted by Crippen LogP contribution is -2.44. The summed E-state index contributed by atoms with van der Waals surface area (Å²) in [6, 6.07) is 5.80. The van der Waals surface area contributed by atoms with Crippen molar-refractivity contribution >= 4 is 0 Å². The Morgan fingerprint density at radius 3 is 2.35 bits per heavy atom. The van der Waals surface area contributed by atoms with E-state index in [0.29, 0.717) is 0 Å². The van der Waals surface area contributed by atoms with Crippen molar-refractivity contribution in [3.05, 3.63) is 35.9 Å². The number of halogens is 3. The third-order valence-corrected chi connectivity index (χ3v) is 2.99. The molecule has 0 heterocycles. The number of methoxy groups -OCH3 is 1. The van der Waals surface area contributed by atoms with Crippen LogP contribution in [0.2, 0.25) is 0 Å². The van der Waals surface area contributed by atoms with E-state index < -0.39 is 17.8 Å². The first-order valence-electron chi connectivity index (χ1n) is 6.32. The standard InChI is InChI=1S/C14H20F3NO2/c1-13(19,8-9-20-2)10-18-12(14(15,16)17)11-6-4-3-5-7-11/h3-7,12,18-19H,8-10H2,1-2H3. The minimum absolute atomic E-state index is 0.127. The van der Waals surface area contributed by atoms with Crippen molar-refractivity contribution in [2.75, 3.05) is 20.3 Å². The molecule has 2 unspecified atom stereocenters. The van der Waals surface area contributed by atoms with E-state index in [9.17, 15) is 18.3 Å². The number of aliphatic hydroxyl groups is 1. The van der Waals surface area contributed by atoms with Gasteiger partial charge in [0, 0.05) is 26.7 Å². The maximum absolute atomic E-state index is 13.1. The smallest absolute Gasteiger partial charge is 0.389 e. The molecule has 0 bridgehead atoms. The van der Waals surface area contributed by atoms with Gasteiger partial charge >= 0.3 is 6.18 Å². The fraction of sp³-hybridized carbons (Fsp3) is 0.571. The average molecular weight is 291 g/mol. The van der Waals surface area contributed by atoms with E-state index in [-0.39, 0.29) is 25.1 Å². The highest BCUT2D eigenvalue weighted by Gasteiger charge is 2.41. The van der Waals surface area contributed by atoms with Crippen LogP contribution in [0.15, 0.2) is 30.3 Å². The largest absolute Gasteiger partial charge is 0.407 e. The van der Waals surface area contributed by atoms with Crippen LogP contribution in [-0.4, -0.2) is 37.1 Å². The molecule has 20 heavy (non-hydrogen) atoms. The molecular formula is C14H20F3NO2. The van der Waals surface area contributed by atoms with Crippen LogP contribution in [0.4, 0.5) is 13.2 Å². The van der Waals surface area contributed by atoms with E-state index in [1.807, 2.05) is 0 Å². The molecule has 2 N–H and O–H groups in total. The molecule has 0 saturated heterocycles. The maximum atomic E-state index is 13.1. The molecule has 6 heteroatoms. The second kappa shape index (κ2) is 7.06. The van der Waals surface area contributed by atoms with Gasteiger partial charge in [0.25, 0.3) is 0 Å². The van der Waals surface area contributed by atoms with Crippen LogP contribution >= 0.6 is 0 Å². The van der Waals surface area contributed by atoms with Crippen LogP contribution in [0.25, 0.3) is 0 Å². The molecule has 1 aromatic rings. The van der Waals surface area contributed by atoms with Gasteiger partial charge in [-0.25, -0.2) is 0 Å². The Morgan fingerprint density at radius 2 is 1.85 bits per heavy atom. The van der Waals surface area contributed by atoms with Crippen molar-refractivity contribution in [3.8, 4) is 0 Å². The van der Waals surface area contributed by atoms with Gasteiger partial charge in [-0.05, 0) is 12.5 Å². The molecule has 2 atom stereocenters. The minimum Gasteiger partial charge on any atom is -0.389 e. The van der Waals surface area contributed by atoms with Crippen LogP contribution < -0.4 is 5.32 Å². The average Bonchev–Trinajstić information content (AvgIpc) is 2.36. The summed E-state index contributed by atoms with van der Waals surface area (Å²) in [5.74, 6) is 0. The van der Waals surface area contributed by atoms with Crippen LogP contribution in [0, 0.1) is 0 Å². The van der Waals surface area contributed by atoms with Gasteiger partial charge in [0.15, 0.2) is 0 Å². The first-order valence-corrected chi connectivity index (χ1v) is 6.32. The van der Waals surface area contributed by atoms with Crippen LogP contribution in [-0.2, 0) is 4.74 Å². The molecule has 0 aromatic heterocycles. The molecular weight excluding hydrogens is 271 g/mol. The third-order valence-electron chi connectivity index (χ3n) is 2.99. The zero-order valence-electron chi connectivity index (χ0n) is 11.6. The van der Waals surface area contributed by atoms with Crippen LogP contribution in [0.1, 0.15) is 24.9 Å². The number of rotatable bonds is 7. The fourth-order valence-corrected chi connectivity index (χ4v) is 1.80. The number of nitrogens with one attached hydrogen (secondary N) is 1. The quantitative estimate of drug-likeness (QED) is 0.811. The molecule has 0 saturated carbocycles. The van der Waals surface area contributed by atoms with Gasteiger partial charge in [-0.2, -0.15) is 13.2 Å². The Labute approximate surface area is 116 Å². The number of benzene rings is 1. The Bertz CT molecular complexity index is 393. The highest BCUT2D eigenvalue weighted by atomic mass is 19.4. The summed E-state index contributed by atoms with van der Waals surface area (Å²) in [4.78, 5) is 0. The Kier molecular flexibility index (Phi) is 5.98. The van der Waals surface area contributed by atoms with Gasteiger partial charge in [0.05, 0.1) is 5.60 Å². The van der Waals surface area contributed by atoms with E-state index in [0.717, 1.165) is 0 Å². The van der Waals surface area contributed by atoms with Gasteiger partial charge in [-0.15, -0.1) is 0 Å². The molecule has 0 spiro atoms. The zero-order valence-corrected chi connectivity index (χ0v) is 11.6. The summed E-state index contributed by atoms with van der Waals surface area (Å²) >= 11 is 0. The highest BCUT2D eigenvalue weighted by molar-refractivity contribution is 5.20. The Balaban J connectivity index is 2.73. The second-order valence-electron chi connectivity index (χ2n) is 5.01. The Hall–Kier alpha value is -1.11. The van der Waals surface area contributed by atoms with Crippen molar-refractivity contribution in [2.24, 2.45) is 0 Å². The maximum Gasteiger partial charge on any atom is 0.407 e. The van der Waals surface area contributed by atoms with Gasteiger partial charge in [0.2, 0.25) is 0 Å². The van der Waals surface area contributed by atoms with Gasteiger partial charge in [-0.3, -0.25) is 5.32 Å². The van der Waals surface area contributed by atoms with E-state index in [4.69, 9.17) is 4.74 Å². The van der Waals surface area contributed by atoms with Crippen LogP contribution in [0.3, 0.4) is 0 Å². The first kappa shape index (κ1) is 16.9. The number of hydrogen-bond donors (Lipinski definition) is 2. The fourth-order valence-electron chi connectivity index (χ4n) is 1.80. The molecule has 1 aromatic carbocycles. The summed E-state index contributed by atoms with van der Waals surface area (Å²) in [6.45, 7) is 1.60.